The molecule has 2 aliphatic rings. The first-order chi connectivity index (χ1) is 8.68. The molecule has 8 heteroatoms. The van der Waals surface area contributed by atoms with Crippen LogP contribution in [0.15, 0.2) is 6.20 Å². The van der Waals surface area contributed by atoms with Crippen molar-refractivity contribution < 1.29 is 8.95 Å². The number of ether oxygens (including phenoxy) is 1. The SMILES string of the molecule is CN1c2cnc(Cl)nc2N(C2CCOCC2)S1=O. The quantitative estimate of drug-likeness (QED) is 0.727. The topological polar surface area (TPSA) is 58.6 Å². The van der Waals surface area contributed by atoms with Gasteiger partial charge in [-0.15, -0.1) is 0 Å². The van der Waals surface area contributed by atoms with Crippen LogP contribution in [0.1, 0.15) is 12.8 Å². The summed E-state index contributed by atoms with van der Waals surface area (Å²) in [7, 11) is 1.77. The largest absolute Gasteiger partial charge is 0.381 e. The van der Waals surface area contributed by atoms with Crippen molar-refractivity contribution in [2.75, 3.05) is 28.9 Å². The van der Waals surface area contributed by atoms with Gasteiger partial charge in [0, 0.05) is 20.3 Å². The van der Waals surface area contributed by atoms with Gasteiger partial charge in [0.15, 0.2) is 5.82 Å². The van der Waals surface area contributed by atoms with Crippen molar-refractivity contribution >= 4 is 34.3 Å². The Balaban J connectivity index is 2.00. The highest BCUT2D eigenvalue weighted by Crippen LogP contribution is 2.39. The van der Waals surface area contributed by atoms with E-state index in [2.05, 4.69) is 9.97 Å². The standard InChI is InChI=1S/C10H13ClN4O2S/c1-14-8-6-12-10(11)13-9(8)15(18(14)16)7-2-4-17-5-3-7/h6-7H,2-5H2,1H3. The third-order valence-corrected chi connectivity index (χ3v) is 4.85. The first-order valence-electron chi connectivity index (χ1n) is 5.73. The minimum absolute atomic E-state index is 0.175. The predicted octanol–water partition coefficient (Wildman–Crippen LogP) is 1.14. The molecule has 1 saturated heterocycles. The highest BCUT2D eigenvalue weighted by atomic mass is 35.5. The maximum absolute atomic E-state index is 12.4. The van der Waals surface area contributed by atoms with Gasteiger partial charge < -0.3 is 4.74 Å². The van der Waals surface area contributed by atoms with E-state index in [0.717, 1.165) is 18.5 Å². The Morgan fingerprint density at radius 1 is 1.50 bits per heavy atom. The third-order valence-electron chi connectivity index (χ3n) is 3.19. The Morgan fingerprint density at radius 3 is 2.94 bits per heavy atom. The van der Waals surface area contributed by atoms with E-state index in [1.165, 1.54) is 0 Å². The van der Waals surface area contributed by atoms with Gasteiger partial charge in [0.2, 0.25) is 16.5 Å². The third kappa shape index (κ3) is 1.86. The summed E-state index contributed by atoms with van der Waals surface area (Å²) in [5.74, 6) is 0.655. The summed E-state index contributed by atoms with van der Waals surface area (Å²) in [5, 5.41) is 0.179. The first kappa shape index (κ1) is 12.1. The van der Waals surface area contributed by atoms with Gasteiger partial charge in [-0.05, 0) is 24.4 Å². The van der Waals surface area contributed by atoms with E-state index in [1.807, 2.05) is 4.31 Å². The van der Waals surface area contributed by atoms with Crippen molar-refractivity contribution in [1.82, 2.24) is 9.97 Å². The predicted molar refractivity (Wildman–Crippen MR) is 69.9 cm³/mol. The smallest absolute Gasteiger partial charge is 0.227 e. The average molecular weight is 289 g/mol. The second-order valence-corrected chi connectivity index (χ2v) is 5.99. The lowest BCUT2D eigenvalue weighted by Gasteiger charge is -2.30. The molecule has 3 heterocycles. The van der Waals surface area contributed by atoms with E-state index < -0.39 is 11.2 Å². The molecule has 1 aromatic heterocycles. The van der Waals surface area contributed by atoms with E-state index in [9.17, 15) is 4.21 Å². The molecule has 1 fully saturated rings. The molecule has 0 amide bonds. The molecule has 0 N–H and O–H groups in total. The first-order valence-corrected chi connectivity index (χ1v) is 7.18. The lowest BCUT2D eigenvalue weighted by atomic mass is 10.1. The zero-order valence-electron chi connectivity index (χ0n) is 9.87. The number of nitrogens with zero attached hydrogens (tertiary/aromatic N) is 4. The molecule has 1 unspecified atom stereocenters. The minimum atomic E-state index is -1.26. The molecular formula is C10H13ClN4O2S. The minimum Gasteiger partial charge on any atom is -0.381 e. The van der Waals surface area contributed by atoms with Gasteiger partial charge in [0.25, 0.3) is 0 Å². The van der Waals surface area contributed by atoms with Gasteiger partial charge in [-0.2, -0.15) is 4.98 Å². The van der Waals surface area contributed by atoms with Gasteiger partial charge in [0.05, 0.1) is 12.2 Å². The maximum atomic E-state index is 12.4. The molecule has 98 valence electrons. The van der Waals surface area contributed by atoms with Crippen LogP contribution in [-0.4, -0.2) is 40.5 Å². The number of aromatic nitrogens is 2. The van der Waals surface area contributed by atoms with Gasteiger partial charge in [-0.1, -0.05) is 0 Å². The summed E-state index contributed by atoms with van der Waals surface area (Å²) in [6.45, 7) is 1.38. The molecule has 3 rings (SSSR count). The summed E-state index contributed by atoms with van der Waals surface area (Å²) >= 11 is 4.57. The highest BCUT2D eigenvalue weighted by molar-refractivity contribution is 7.88. The molecule has 1 atom stereocenters. The fourth-order valence-corrected chi connectivity index (χ4v) is 3.68. The normalized spacial score (nSPS) is 24.4. The fraction of sp³-hybridized carbons (Fsp3) is 0.600. The Bertz CT molecular complexity index is 495. The number of halogens is 1. The lowest BCUT2D eigenvalue weighted by Crippen LogP contribution is -2.41. The molecule has 0 bridgehead atoms. The van der Waals surface area contributed by atoms with Crippen LogP contribution in [0.4, 0.5) is 11.5 Å². The monoisotopic (exact) mass is 288 g/mol. The summed E-state index contributed by atoms with van der Waals surface area (Å²) in [5.41, 5.74) is 0.754. The zero-order chi connectivity index (χ0) is 12.7. The molecule has 18 heavy (non-hydrogen) atoms. The van der Waals surface area contributed by atoms with Gasteiger partial charge >= 0.3 is 0 Å². The number of fused-ring (bicyclic) bond motifs is 1. The molecule has 0 aromatic carbocycles. The van der Waals surface area contributed by atoms with Gasteiger partial charge in [0.1, 0.15) is 5.69 Å². The summed E-state index contributed by atoms with van der Waals surface area (Å²) in [6, 6.07) is 0.175. The van der Waals surface area contributed by atoms with E-state index in [4.69, 9.17) is 16.3 Å². The van der Waals surface area contributed by atoms with E-state index >= 15 is 0 Å². The van der Waals surface area contributed by atoms with E-state index in [-0.39, 0.29) is 11.3 Å². The summed E-state index contributed by atoms with van der Waals surface area (Å²) in [4.78, 5) is 8.16. The second-order valence-electron chi connectivity index (χ2n) is 4.25. The van der Waals surface area contributed by atoms with Crippen LogP contribution in [0.5, 0.6) is 0 Å². The van der Waals surface area contributed by atoms with Gasteiger partial charge in [-0.25, -0.2) is 9.19 Å². The summed E-state index contributed by atoms with van der Waals surface area (Å²) in [6.07, 6.45) is 3.31. The highest BCUT2D eigenvalue weighted by Gasteiger charge is 2.38. The van der Waals surface area contributed by atoms with Crippen LogP contribution < -0.4 is 8.61 Å². The Labute approximate surface area is 113 Å². The van der Waals surface area contributed by atoms with Crippen molar-refractivity contribution in [1.29, 1.82) is 0 Å². The molecule has 0 spiro atoms. The average Bonchev–Trinajstić information content (AvgIpc) is 2.63. The van der Waals surface area contributed by atoms with Crippen molar-refractivity contribution in [3.63, 3.8) is 0 Å². The van der Waals surface area contributed by atoms with Gasteiger partial charge in [-0.3, -0.25) is 8.61 Å². The van der Waals surface area contributed by atoms with Crippen LogP contribution in [-0.2, 0) is 15.9 Å². The molecule has 2 aliphatic heterocycles. The van der Waals surface area contributed by atoms with Crippen LogP contribution in [0.3, 0.4) is 0 Å². The van der Waals surface area contributed by atoms with Crippen molar-refractivity contribution in [3.05, 3.63) is 11.5 Å². The van der Waals surface area contributed by atoms with E-state index in [0.29, 0.717) is 19.0 Å². The number of hydrogen-bond acceptors (Lipinski definition) is 4. The van der Waals surface area contributed by atoms with Crippen LogP contribution in [0.25, 0.3) is 0 Å². The summed E-state index contributed by atoms with van der Waals surface area (Å²) < 4.78 is 21.2. The van der Waals surface area contributed by atoms with Crippen LogP contribution in [0.2, 0.25) is 5.28 Å². The molecular weight excluding hydrogens is 276 g/mol. The van der Waals surface area contributed by atoms with Crippen LogP contribution in [0, 0.1) is 0 Å². The van der Waals surface area contributed by atoms with Crippen LogP contribution >= 0.6 is 11.6 Å². The number of anilines is 2. The zero-order valence-corrected chi connectivity index (χ0v) is 11.4. The Morgan fingerprint density at radius 2 is 2.22 bits per heavy atom. The number of hydrogen-bond donors (Lipinski definition) is 0. The second kappa shape index (κ2) is 4.64. The maximum Gasteiger partial charge on any atom is 0.227 e. The molecule has 0 saturated carbocycles. The van der Waals surface area contributed by atoms with E-state index in [1.54, 1.807) is 17.5 Å². The number of rotatable bonds is 1. The molecule has 0 aliphatic carbocycles. The van der Waals surface area contributed by atoms with Crippen molar-refractivity contribution in [2.45, 2.75) is 18.9 Å². The van der Waals surface area contributed by atoms with Crippen molar-refractivity contribution in [3.8, 4) is 0 Å². The fourth-order valence-electron chi connectivity index (χ4n) is 2.24. The molecule has 6 nitrogen and oxygen atoms in total. The molecule has 0 radical (unpaired) electrons. The Kier molecular flexibility index (Phi) is 3.13. The molecule has 1 aromatic rings. The Hall–Kier alpha value is -0.920. The van der Waals surface area contributed by atoms with Crippen molar-refractivity contribution in [2.24, 2.45) is 0 Å². The lowest BCUT2D eigenvalue weighted by molar-refractivity contribution is 0.0877.